The minimum atomic E-state index is -0.334. The zero-order valence-electron chi connectivity index (χ0n) is 8.33. The summed E-state index contributed by atoms with van der Waals surface area (Å²) < 4.78 is 5.15. The summed E-state index contributed by atoms with van der Waals surface area (Å²) in [6.45, 7) is 0.569. The maximum atomic E-state index is 9.39. The van der Waals surface area contributed by atoms with Crippen molar-refractivity contribution in [3.05, 3.63) is 16.8 Å². The van der Waals surface area contributed by atoms with Crippen LogP contribution in [0.3, 0.4) is 0 Å². The largest absolute Gasteiger partial charge is 0.392 e. The Morgan fingerprint density at radius 2 is 2.50 bits per heavy atom. The van der Waals surface area contributed by atoms with Crippen LogP contribution < -0.4 is 5.32 Å². The van der Waals surface area contributed by atoms with E-state index >= 15 is 0 Å². The van der Waals surface area contributed by atoms with Crippen LogP contribution in [-0.2, 0) is 0 Å². The molecule has 0 bridgehead atoms. The Bertz CT molecular complexity index is 470. The number of aliphatic hydroxyl groups is 1. The maximum Gasteiger partial charge on any atom is 0.244 e. The van der Waals surface area contributed by atoms with Crippen LogP contribution in [0.5, 0.6) is 0 Å². The van der Waals surface area contributed by atoms with Gasteiger partial charge in [-0.2, -0.15) is 4.98 Å². The standard InChI is InChI=1S/C9H10N4O2S/c14-5-1-6(10-2-5)9-12-8(13-15-9)7-3-16-4-11-7/h3-6,10,14H,1-2H2/t5-,6+/m0/s1. The average molecular weight is 238 g/mol. The summed E-state index contributed by atoms with van der Waals surface area (Å²) in [5.74, 6) is 1.01. The fourth-order valence-electron chi connectivity index (χ4n) is 1.71. The topological polar surface area (TPSA) is 84.1 Å². The van der Waals surface area contributed by atoms with Crippen molar-refractivity contribution in [3.63, 3.8) is 0 Å². The van der Waals surface area contributed by atoms with Gasteiger partial charge in [-0.25, -0.2) is 4.98 Å². The highest BCUT2D eigenvalue weighted by Crippen LogP contribution is 2.24. The highest BCUT2D eigenvalue weighted by Gasteiger charge is 2.28. The van der Waals surface area contributed by atoms with E-state index in [4.69, 9.17) is 4.52 Å². The molecule has 2 atom stereocenters. The van der Waals surface area contributed by atoms with Crippen LogP contribution in [0.1, 0.15) is 18.4 Å². The van der Waals surface area contributed by atoms with Crippen molar-refractivity contribution in [3.8, 4) is 11.5 Å². The van der Waals surface area contributed by atoms with Gasteiger partial charge in [-0.1, -0.05) is 5.16 Å². The summed E-state index contributed by atoms with van der Waals surface area (Å²) in [4.78, 5) is 8.37. The normalized spacial score (nSPS) is 25.1. The molecule has 3 heterocycles. The van der Waals surface area contributed by atoms with E-state index in [-0.39, 0.29) is 12.1 Å². The molecular weight excluding hydrogens is 228 g/mol. The predicted octanol–water partition coefficient (Wildman–Crippen LogP) is 0.588. The van der Waals surface area contributed by atoms with E-state index in [0.29, 0.717) is 24.7 Å². The molecule has 3 rings (SSSR count). The summed E-state index contributed by atoms with van der Waals surface area (Å²) in [5, 5.41) is 18.2. The number of hydrogen-bond acceptors (Lipinski definition) is 7. The molecule has 7 heteroatoms. The Morgan fingerprint density at radius 1 is 1.56 bits per heavy atom. The minimum absolute atomic E-state index is 0.0464. The maximum absolute atomic E-state index is 9.39. The quantitative estimate of drug-likeness (QED) is 0.796. The molecule has 1 aliphatic heterocycles. The molecule has 2 N–H and O–H groups in total. The van der Waals surface area contributed by atoms with Crippen LogP contribution >= 0.6 is 11.3 Å². The number of hydrogen-bond donors (Lipinski definition) is 2. The first-order valence-electron chi connectivity index (χ1n) is 4.96. The number of aliphatic hydroxyl groups excluding tert-OH is 1. The van der Waals surface area contributed by atoms with E-state index < -0.39 is 0 Å². The molecule has 1 saturated heterocycles. The number of nitrogens with zero attached hydrogens (tertiary/aromatic N) is 3. The molecule has 1 fully saturated rings. The molecule has 0 aliphatic carbocycles. The highest BCUT2D eigenvalue weighted by molar-refractivity contribution is 7.07. The van der Waals surface area contributed by atoms with Gasteiger partial charge in [0, 0.05) is 11.9 Å². The first kappa shape index (κ1) is 9.88. The van der Waals surface area contributed by atoms with E-state index in [2.05, 4.69) is 20.4 Å². The molecule has 0 radical (unpaired) electrons. The SMILES string of the molecule is O[C@@H]1CN[C@@H](c2nc(-c3cscn3)no2)C1. The third-order valence-corrected chi connectivity index (χ3v) is 3.10. The molecule has 2 aromatic rings. The second-order valence-corrected chi connectivity index (χ2v) is 4.40. The molecule has 2 aromatic heterocycles. The molecular formula is C9H10N4O2S. The third kappa shape index (κ3) is 1.73. The lowest BCUT2D eigenvalue weighted by Gasteiger charge is -2.01. The molecule has 6 nitrogen and oxygen atoms in total. The van der Waals surface area contributed by atoms with Crippen molar-refractivity contribution in [1.29, 1.82) is 0 Å². The molecule has 1 aliphatic rings. The van der Waals surface area contributed by atoms with Gasteiger partial charge in [0.15, 0.2) is 0 Å². The zero-order valence-corrected chi connectivity index (χ0v) is 9.15. The molecule has 84 valence electrons. The van der Waals surface area contributed by atoms with Gasteiger partial charge in [0.2, 0.25) is 11.7 Å². The molecule has 0 saturated carbocycles. The number of β-amino-alcohol motifs (C(OH)–C–C–N with tert-alkyl or cyclic N) is 1. The van der Waals surface area contributed by atoms with Gasteiger partial charge in [0.1, 0.15) is 5.69 Å². The van der Waals surface area contributed by atoms with Crippen molar-refractivity contribution in [1.82, 2.24) is 20.4 Å². The number of thiazole rings is 1. The Morgan fingerprint density at radius 3 is 3.19 bits per heavy atom. The van der Waals surface area contributed by atoms with Gasteiger partial charge >= 0.3 is 0 Å². The molecule has 0 spiro atoms. The molecule has 0 unspecified atom stereocenters. The monoisotopic (exact) mass is 238 g/mol. The van der Waals surface area contributed by atoms with Gasteiger partial charge < -0.3 is 14.9 Å². The van der Waals surface area contributed by atoms with Crippen LogP contribution in [0.15, 0.2) is 15.4 Å². The summed E-state index contributed by atoms with van der Waals surface area (Å²) in [6, 6.07) is -0.0464. The van der Waals surface area contributed by atoms with Crippen LogP contribution in [0.25, 0.3) is 11.5 Å². The van der Waals surface area contributed by atoms with Gasteiger partial charge in [-0.3, -0.25) is 0 Å². The Kier molecular flexibility index (Phi) is 2.43. The van der Waals surface area contributed by atoms with Crippen LogP contribution in [0.2, 0.25) is 0 Å². The van der Waals surface area contributed by atoms with Crippen molar-refractivity contribution >= 4 is 11.3 Å². The Balaban J connectivity index is 1.83. The fourth-order valence-corrected chi connectivity index (χ4v) is 2.24. The Hall–Kier alpha value is -1.31. The van der Waals surface area contributed by atoms with E-state index in [9.17, 15) is 5.11 Å². The number of nitrogens with one attached hydrogen (secondary N) is 1. The highest BCUT2D eigenvalue weighted by atomic mass is 32.1. The summed E-state index contributed by atoms with van der Waals surface area (Å²) in [7, 11) is 0. The second kappa shape index (κ2) is 3.93. The van der Waals surface area contributed by atoms with E-state index in [1.807, 2.05) is 5.38 Å². The molecule has 16 heavy (non-hydrogen) atoms. The number of aromatic nitrogens is 3. The summed E-state index contributed by atoms with van der Waals surface area (Å²) in [5.41, 5.74) is 2.45. The first-order chi connectivity index (χ1) is 7.83. The van der Waals surface area contributed by atoms with Crippen LogP contribution in [0, 0.1) is 0 Å². The third-order valence-electron chi connectivity index (χ3n) is 2.51. The summed E-state index contributed by atoms with van der Waals surface area (Å²) in [6.07, 6.45) is 0.276. The van der Waals surface area contributed by atoms with Gasteiger partial charge in [-0.05, 0) is 6.42 Å². The average Bonchev–Trinajstić information content (AvgIpc) is 2.97. The lowest BCUT2D eigenvalue weighted by Crippen LogP contribution is -2.15. The number of rotatable bonds is 2. The van der Waals surface area contributed by atoms with Gasteiger partial charge in [0.25, 0.3) is 0 Å². The first-order valence-corrected chi connectivity index (χ1v) is 5.91. The van der Waals surface area contributed by atoms with Crippen LogP contribution in [-0.4, -0.2) is 32.9 Å². The minimum Gasteiger partial charge on any atom is -0.392 e. The van der Waals surface area contributed by atoms with Gasteiger partial charge in [-0.15, -0.1) is 11.3 Å². The van der Waals surface area contributed by atoms with Crippen molar-refractivity contribution in [2.75, 3.05) is 6.54 Å². The van der Waals surface area contributed by atoms with E-state index in [1.54, 1.807) is 5.51 Å². The molecule has 0 amide bonds. The van der Waals surface area contributed by atoms with Crippen molar-refractivity contribution in [2.45, 2.75) is 18.6 Å². The lowest BCUT2D eigenvalue weighted by atomic mass is 10.2. The molecule has 0 aromatic carbocycles. The van der Waals surface area contributed by atoms with E-state index in [0.717, 1.165) is 5.69 Å². The lowest BCUT2D eigenvalue weighted by molar-refractivity contribution is 0.191. The smallest absolute Gasteiger partial charge is 0.244 e. The second-order valence-electron chi connectivity index (χ2n) is 3.68. The van der Waals surface area contributed by atoms with Crippen LogP contribution in [0.4, 0.5) is 0 Å². The van der Waals surface area contributed by atoms with Crippen molar-refractivity contribution in [2.24, 2.45) is 0 Å². The summed E-state index contributed by atoms with van der Waals surface area (Å²) >= 11 is 1.49. The Labute approximate surface area is 95.3 Å². The predicted molar refractivity (Wildman–Crippen MR) is 56.8 cm³/mol. The van der Waals surface area contributed by atoms with Gasteiger partial charge in [0.05, 0.1) is 17.7 Å². The zero-order chi connectivity index (χ0) is 11.0. The van der Waals surface area contributed by atoms with E-state index in [1.165, 1.54) is 11.3 Å². The van der Waals surface area contributed by atoms with Crippen molar-refractivity contribution < 1.29 is 9.63 Å². The fraction of sp³-hybridized carbons (Fsp3) is 0.444.